The maximum atomic E-state index is 11.3. The molecule has 0 radical (unpaired) electrons. The minimum atomic E-state index is -0.306. The van der Waals surface area contributed by atoms with Crippen LogP contribution < -0.4 is 16.2 Å². The number of anilines is 1. The van der Waals surface area contributed by atoms with Gasteiger partial charge in [-0.25, -0.2) is 4.98 Å². The molecule has 1 aromatic heterocycles. The Morgan fingerprint density at radius 2 is 2.24 bits per heavy atom. The van der Waals surface area contributed by atoms with Crippen LogP contribution in [0.25, 0.3) is 0 Å². The van der Waals surface area contributed by atoms with E-state index in [9.17, 15) is 4.79 Å². The third kappa shape index (κ3) is 2.98. The van der Waals surface area contributed by atoms with Gasteiger partial charge in [-0.1, -0.05) is 18.5 Å². The number of rotatable bonds is 3. The van der Waals surface area contributed by atoms with Crippen molar-refractivity contribution >= 4 is 17.4 Å². The number of aromatic amines is 1. The maximum Gasteiger partial charge on any atom is 0.271 e. The van der Waals surface area contributed by atoms with Gasteiger partial charge in [0.2, 0.25) is 0 Å². The molecule has 0 aromatic carbocycles. The van der Waals surface area contributed by atoms with Gasteiger partial charge in [-0.3, -0.25) is 4.79 Å². The highest BCUT2D eigenvalue weighted by molar-refractivity contribution is 6.32. The van der Waals surface area contributed by atoms with Gasteiger partial charge in [-0.2, -0.15) is 0 Å². The van der Waals surface area contributed by atoms with E-state index in [-0.39, 0.29) is 16.0 Å². The van der Waals surface area contributed by atoms with Gasteiger partial charge >= 0.3 is 0 Å². The summed E-state index contributed by atoms with van der Waals surface area (Å²) in [6.07, 6.45) is 3.59. The van der Waals surface area contributed by atoms with Crippen molar-refractivity contribution in [2.45, 2.75) is 19.8 Å². The molecular formula is C11H17ClN4O. The molecule has 0 atom stereocenters. The summed E-state index contributed by atoms with van der Waals surface area (Å²) in [6, 6.07) is 0. The first-order valence-corrected chi connectivity index (χ1v) is 6.16. The van der Waals surface area contributed by atoms with Gasteiger partial charge in [0.05, 0.1) is 6.33 Å². The molecule has 1 saturated heterocycles. The van der Waals surface area contributed by atoms with E-state index in [4.69, 9.17) is 11.6 Å². The normalized spacial score (nSPS) is 18.9. The molecule has 6 heteroatoms. The number of hydrogen-bond acceptors (Lipinski definition) is 4. The molecule has 2 rings (SSSR count). The van der Waals surface area contributed by atoms with Crippen molar-refractivity contribution in [3.63, 3.8) is 0 Å². The molecule has 17 heavy (non-hydrogen) atoms. The van der Waals surface area contributed by atoms with Gasteiger partial charge in [0.1, 0.15) is 5.02 Å². The first-order valence-electron chi connectivity index (χ1n) is 5.78. The Labute approximate surface area is 105 Å². The van der Waals surface area contributed by atoms with Crippen LogP contribution in [0.5, 0.6) is 0 Å². The van der Waals surface area contributed by atoms with Crippen LogP contribution in [-0.2, 0) is 0 Å². The van der Waals surface area contributed by atoms with Crippen LogP contribution in [0.2, 0.25) is 5.02 Å². The Bertz CT molecular complexity index is 439. The minimum absolute atomic E-state index is 0.130. The second kappa shape index (κ2) is 5.06. The summed E-state index contributed by atoms with van der Waals surface area (Å²) in [5.74, 6) is 0.468. The molecule has 0 aliphatic carbocycles. The van der Waals surface area contributed by atoms with E-state index in [0.717, 1.165) is 32.5 Å². The van der Waals surface area contributed by atoms with E-state index in [0.29, 0.717) is 5.82 Å². The lowest BCUT2D eigenvalue weighted by Gasteiger charge is -2.34. The highest BCUT2D eigenvalue weighted by Crippen LogP contribution is 2.28. The smallest absolute Gasteiger partial charge is 0.271 e. The average molecular weight is 257 g/mol. The number of hydrogen-bond donors (Lipinski definition) is 3. The predicted octanol–water partition coefficient (Wildman–Crippen LogP) is 1.22. The molecule has 0 spiro atoms. The number of halogens is 1. The van der Waals surface area contributed by atoms with Crippen molar-refractivity contribution in [2.75, 3.05) is 25.0 Å². The second-order valence-electron chi connectivity index (χ2n) is 4.81. The summed E-state index contributed by atoms with van der Waals surface area (Å²) in [6.45, 7) is 5.09. The molecule has 0 unspecified atom stereocenters. The standard InChI is InChI=1S/C11H17ClN4O/c1-11(2-4-13-5-3-11)6-14-9-8(12)10(17)16-7-15-9/h7,13H,2-6H2,1H3,(H2,14,15,16,17). The lowest BCUT2D eigenvalue weighted by Crippen LogP contribution is -2.39. The van der Waals surface area contributed by atoms with E-state index in [2.05, 4.69) is 27.5 Å². The van der Waals surface area contributed by atoms with E-state index in [1.807, 2.05) is 0 Å². The van der Waals surface area contributed by atoms with E-state index in [1.54, 1.807) is 0 Å². The van der Waals surface area contributed by atoms with Gasteiger partial charge in [-0.05, 0) is 31.3 Å². The summed E-state index contributed by atoms with van der Waals surface area (Å²) >= 11 is 5.88. The number of H-pyrrole nitrogens is 1. The molecule has 0 saturated carbocycles. The molecule has 94 valence electrons. The van der Waals surface area contributed by atoms with Crippen LogP contribution in [0.15, 0.2) is 11.1 Å². The zero-order valence-electron chi connectivity index (χ0n) is 9.85. The van der Waals surface area contributed by atoms with Crippen molar-refractivity contribution < 1.29 is 0 Å². The number of piperidine rings is 1. The largest absolute Gasteiger partial charge is 0.368 e. The number of nitrogens with zero attached hydrogens (tertiary/aromatic N) is 1. The molecule has 3 N–H and O–H groups in total. The zero-order chi connectivity index (χ0) is 12.3. The van der Waals surface area contributed by atoms with E-state index < -0.39 is 0 Å². The van der Waals surface area contributed by atoms with Crippen LogP contribution in [0, 0.1) is 5.41 Å². The predicted molar refractivity (Wildman–Crippen MR) is 68.6 cm³/mol. The van der Waals surface area contributed by atoms with Crippen molar-refractivity contribution in [3.8, 4) is 0 Å². The Hall–Kier alpha value is -1.07. The fourth-order valence-corrected chi connectivity index (χ4v) is 2.18. The zero-order valence-corrected chi connectivity index (χ0v) is 10.6. The summed E-state index contributed by atoms with van der Waals surface area (Å²) in [5, 5.41) is 6.64. The van der Waals surface area contributed by atoms with Gasteiger partial charge in [0.25, 0.3) is 5.56 Å². The Morgan fingerprint density at radius 3 is 2.94 bits per heavy atom. The van der Waals surface area contributed by atoms with Crippen LogP contribution >= 0.6 is 11.6 Å². The fourth-order valence-electron chi connectivity index (χ4n) is 2.01. The molecular weight excluding hydrogens is 240 g/mol. The molecule has 1 aromatic rings. The third-order valence-corrected chi connectivity index (χ3v) is 3.64. The summed E-state index contributed by atoms with van der Waals surface area (Å²) in [4.78, 5) is 17.8. The Morgan fingerprint density at radius 1 is 1.53 bits per heavy atom. The molecule has 0 bridgehead atoms. The van der Waals surface area contributed by atoms with Crippen LogP contribution in [-0.4, -0.2) is 29.6 Å². The summed E-state index contributed by atoms with van der Waals surface area (Å²) in [7, 11) is 0. The second-order valence-corrected chi connectivity index (χ2v) is 5.19. The minimum Gasteiger partial charge on any atom is -0.368 e. The lowest BCUT2D eigenvalue weighted by atomic mass is 9.81. The van der Waals surface area contributed by atoms with Crippen LogP contribution in [0.4, 0.5) is 5.82 Å². The first kappa shape index (κ1) is 12.4. The highest BCUT2D eigenvalue weighted by atomic mass is 35.5. The molecule has 5 nitrogen and oxygen atoms in total. The van der Waals surface area contributed by atoms with E-state index >= 15 is 0 Å². The lowest BCUT2D eigenvalue weighted by molar-refractivity contribution is 0.247. The third-order valence-electron chi connectivity index (χ3n) is 3.29. The van der Waals surface area contributed by atoms with Crippen LogP contribution in [0.3, 0.4) is 0 Å². The molecule has 2 heterocycles. The van der Waals surface area contributed by atoms with Crippen molar-refractivity contribution in [1.82, 2.24) is 15.3 Å². The Balaban J connectivity index is 2.02. The van der Waals surface area contributed by atoms with E-state index in [1.165, 1.54) is 6.33 Å². The van der Waals surface area contributed by atoms with Crippen molar-refractivity contribution in [3.05, 3.63) is 21.7 Å². The van der Waals surface area contributed by atoms with Gasteiger partial charge in [0, 0.05) is 6.54 Å². The van der Waals surface area contributed by atoms with Gasteiger partial charge in [-0.15, -0.1) is 0 Å². The summed E-state index contributed by atoms with van der Waals surface area (Å²) in [5.41, 5.74) is -0.0709. The highest BCUT2D eigenvalue weighted by Gasteiger charge is 2.26. The van der Waals surface area contributed by atoms with Crippen molar-refractivity contribution in [1.29, 1.82) is 0 Å². The fraction of sp³-hybridized carbons (Fsp3) is 0.636. The Kier molecular flexibility index (Phi) is 3.69. The average Bonchev–Trinajstić information content (AvgIpc) is 2.32. The summed E-state index contributed by atoms with van der Waals surface area (Å²) < 4.78 is 0. The number of aromatic nitrogens is 2. The molecule has 1 fully saturated rings. The molecule has 1 aliphatic heterocycles. The first-order chi connectivity index (χ1) is 8.11. The quantitative estimate of drug-likeness (QED) is 0.761. The molecule has 1 aliphatic rings. The maximum absolute atomic E-state index is 11.3. The number of nitrogens with one attached hydrogen (secondary N) is 3. The van der Waals surface area contributed by atoms with Crippen molar-refractivity contribution in [2.24, 2.45) is 5.41 Å². The molecule has 0 amide bonds. The SMILES string of the molecule is CC1(CNc2nc[nH]c(=O)c2Cl)CCNCC1. The topological polar surface area (TPSA) is 69.8 Å². The monoisotopic (exact) mass is 256 g/mol. The van der Waals surface area contributed by atoms with Gasteiger partial charge < -0.3 is 15.6 Å². The van der Waals surface area contributed by atoms with Gasteiger partial charge in [0.15, 0.2) is 5.82 Å². The van der Waals surface area contributed by atoms with Crippen LogP contribution in [0.1, 0.15) is 19.8 Å².